The molecule has 16 heteroatoms. The van der Waals surface area contributed by atoms with Crippen LogP contribution in [0, 0.1) is 23.2 Å². The number of nitrogens with zero attached hydrogens (tertiary/aromatic N) is 4. The van der Waals surface area contributed by atoms with Crippen molar-refractivity contribution in [3.63, 3.8) is 0 Å². The normalized spacial score (nSPS) is 22.1. The molecule has 72 heavy (non-hydrogen) atoms. The Balaban J connectivity index is 0.846. The Hall–Kier alpha value is -5.39. The molecule has 2 aromatic carbocycles. The van der Waals surface area contributed by atoms with Crippen molar-refractivity contribution >= 4 is 58.0 Å². The molecule has 4 aliphatic rings. The van der Waals surface area contributed by atoms with Crippen LogP contribution >= 0.6 is 11.8 Å². The second-order valence-corrected chi connectivity index (χ2v) is 22.1. The van der Waals surface area contributed by atoms with E-state index in [-0.39, 0.29) is 67.6 Å². The summed E-state index contributed by atoms with van der Waals surface area (Å²) in [5.74, 6) is -0.981. The number of carbonyl (C=O) groups is 4. The zero-order valence-corrected chi connectivity index (χ0v) is 44.7. The molecule has 0 saturated carbocycles. The first kappa shape index (κ1) is 55.9. The second kappa shape index (κ2) is 25.5. The number of allylic oxidation sites excluding steroid dienone is 4. The van der Waals surface area contributed by atoms with E-state index in [1.807, 2.05) is 76.7 Å². The van der Waals surface area contributed by atoms with Crippen molar-refractivity contribution in [2.24, 2.45) is 33.4 Å². The van der Waals surface area contributed by atoms with Gasteiger partial charge in [0.1, 0.15) is 18.7 Å². The number of aliphatic hydroxyl groups excluding tert-OH is 1. The highest BCUT2D eigenvalue weighted by atomic mass is 32.2. The van der Waals surface area contributed by atoms with E-state index in [1.165, 1.54) is 15.4 Å². The molecule has 0 radical (unpaired) electrons. The second-order valence-electron chi connectivity index (χ2n) is 20.7. The van der Waals surface area contributed by atoms with Crippen LogP contribution in [0.15, 0.2) is 99.7 Å². The molecule has 6 rings (SSSR count). The van der Waals surface area contributed by atoms with Crippen LogP contribution in [0.2, 0.25) is 0 Å². The van der Waals surface area contributed by atoms with E-state index in [9.17, 15) is 24.3 Å². The standard InChI is InChI=1S/C56H77N7O8S/c1-34(46-29-45(38(5)60-61-46)52-51(36(3)40(7)72-52)37(4)42-15-13-12-14-16-42)27-48(65)57-21-22-69-23-24-70-25-26-71-33-49(66)59-53(56(8,9)10)55(68)63-32-44(64)28-47(63)54(67)62(11)31-41-17-19-43(20-18-41)50-35(2)30-58-39(50)6/h12-20,34,44-45,47,51-53,58,64H,2,4,21-33H2,1,3,5-11H3,(H,57,65)(H,59,66)/t34-,44?,45?,47?,51?,52?,53?/m1/s1. The summed E-state index contributed by atoms with van der Waals surface area (Å²) in [4.78, 5) is 58.3. The van der Waals surface area contributed by atoms with Gasteiger partial charge in [0.25, 0.3) is 0 Å². The molecule has 0 spiro atoms. The fourth-order valence-corrected chi connectivity index (χ4v) is 11.5. The van der Waals surface area contributed by atoms with Crippen molar-refractivity contribution in [1.29, 1.82) is 0 Å². The maximum Gasteiger partial charge on any atom is 0.246 e. The fourth-order valence-electron chi connectivity index (χ4n) is 9.85. The van der Waals surface area contributed by atoms with Crippen molar-refractivity contribution in [1.82, 2.24) is 25.8 Å². The minimum Gasteiger partial charge on any atom is -0.391 e. The largest absolute Gasteiger partial charge is 0.391 e. The van der Waals surface area contributed by atoms with Crippen molar-refractivity contribution in [2.45, 2.75) is 105 Å². The zero-order valence-electron chi connectivity index (χ0n) is 43.8. The van der Waals surface area contributed by atoms with Crippen molar-refractivity contribution in [3.8, 4) is 0 Å². The van der Waals surface area contributed by atoms with Gasteiger partial charge in [-0.25, -0.2) is 0 Å². The average Bonchev–Trinajstić information content (AvgIpc) is 4.01. The molecule has 2 aromatic rings. The van der Waals surface area contributed by atoms with Gasteiger partial charge in [-0.2, -0.15) is 10.2 Å². The van der Waals surface area contributed by atoms with Gasteiger partial charge in [0, 0.05) is 91.8 Å². The summed E-state index contributed by atoms with van der Waals surface area (Å²) in [6, 6.07) is 16.5. The number of thioether (sulfide) groups is 1. The van der Waals surface area contributed by atoms with E-state index in [2.05, 4.69) is 84.3 Å². The van der Waals surface area contributed by atoms with Gasteiger partial charge < -0.3 is 45.1 Å². The van der Waals surface area contributed by atoms with Crippen LogP contribution in [0.25, 0.3) is 11.1 Å². The molecule has 0 bridgehead atoms. The third kappa shape index (κ3) is 14.4. The van der Waals surface area contributed by atoms with Crippen LogP contribution in [-0.2, 0) is 39.9 Å². The average molecular weight is 1010 g/mol. The SMILES string of the molecule is C=C1CNC(C)=C1c1ccc(CN(C)C(=O)C2CC(O)CN2C(=O)C(NC(=O)COCCOCCOCCNC(=O)C[C@@H](C)C2=NN=C(C)C(C3SC(C)=C(C)C3C(=C)c3ccccc3)C2)C(C)(C)C)cc1. The van der Waals surface area contributed by atoms with Gasteiger partial charge in [-0.1, -0.05) is 101 Å². The van der Waals surface area contributed by atoms with Gasteiger partial charge in [0.05, 0.1) is 39.1 Å². The number of carbonyl (C=O) groups excluding carboxylic acids is 4. The van der Waals surface area contributed by atoms with E-state index in [1.54, 1.807) is 11.9 Å². The van der Waals surface area contributed by atoms with Crippen molar-refractivity contribution < 1.29 is 38.5 Å². The molecule has 0 aromatic heterocycles. The number of nitrogens with one attached hydrogen (secondary N) is 3. The number of β-amino-alcohol motifs (C(OH)–C–C–N with tert-alkyl or cyclic N) is 1. The molecule has 6 unspecified atom stereocenters. The number of hydrogen-bond donors (Lipinski definition) is 4. The van der Waals surface area contributed by atoms with Gasteiger partial charge in [0.15, 0.2) is 0 Å². The number of rotatable bonds is 23. The van der Waals surface area contributed by atoms with E-state index in [0.717, 1.165) is 63.5 Å². The number of ether oxygens (including phenoxy) is 3. The summed E-state index contributed by atoms with van der Waals surface area (Å²) in [7, 11) is 1.69. The first-order valence-electron chi connectivity index (χ1n) is 25.2. The molecular formula is C56H77N7O8S. The maximum absolute atomic E-state index is 14.1. The minimum absolute atomic E-state index is 0.0164. The van der Waals surface area contributed by atoms with Crippen LogP contribution in [-0.4, -0.2) is 140 Å². The van der Waals surface area contributed by atoms with Crippen LogP contribution in [0.5, 0.6) is 0 Å². The molecule has 0 aliphatic carbocycles. The molecule has 4 N–H and O–H groups in total. The summed E-state index contributed by atoms with van der Waals surface area (Å²) in [5, 5.41) is 29.2. The monoisotopic (exact) mass is 1010 g/mol. The fraction of sp³-hybridized carbons (Fsp3) is 0.536. The highest BCUT2D eigenvalue weighted by Gasteiger charge is 2.46. The van der Waals surface area contributed by atoms with E-state index >= 15 is 0 Å². The lowest BCUT2D eigenvalue weighted by atomic mass is 9.77. The number of hydrogen-bond acceptors (Lipinski definition) is 12. The van der Waals surface area contributed by atoms with Crippen LogP contribution in [0.1, 0.15) is 91.3 Å². The maximum atomic E-state index is 14.1. The van der Waals surface area contributed by atoms with E-state index in [4.69, 9.17) is 14.2 Å². The number of likely N-dealkylation sites (tertiary alicyclic amines) is 1. The number of likely N-dealkylation sites (N-methyl/N-ethyl adjacent to an activating group) is 1. The Bertz CT molecular complexity index is 2430. The molecule has 1 saturated heterocycles. The quantitative estimate of drug-likeness (QED) is 0.0865. The summed E-state index contributed by atoms with van der Waals surface area (Å²) < 4.78 is 16.8. The lowest BCUT2D eigenvalue weighted by Crippen LogP contribution is -2.58. The Morgan fingerprint density at radius 1 is 0.944 bits per heavy atom. The smallest absolute Gasteiger partial charge is 0.246 e. The van der Waals surface area contributed by atoms with E-state index in [0.29, 0.717) is 39.3 Å². The number of aliphatic hydroxyl groups is 1. The summed E-state index contributed by atoms with van der Waals surface area (Å²) in [5.41, 5.74) is 10.1. The topological polar surface area (TPSA) is 183 Å². The predicted molar refractivity (Wildman–Crippen MR) is 287 cm³/mol. The highest BCUT2D eigenvalue weighted by molar-refractivity contribution is 8.04. The molecule has 4 heterocycles. The Morgan fingerprint density at radius 3 is 2.26 bits per heavy atom. The predicted octanol–water partition coefficient (Wildman–Crippen LogP) is 6.80. The minimum atomic E-state index is -0.975. The van der Waals surface area contributed by atoms with Crippen LogP contribution < -0.4 is 16.0 Å². The lowest BCUT2D eigenvalue weighted by molar-refractivity contribution is -0.147. The molecule has 1 fully saturated rings. The highest BCUT2D eigenvalue weighted by Crippen LogP contribution is 2.51. The molecule has 7 atom stereocenters. The molecule has 4 aliphatic heterocycles. The Labute approximate surface area is 431 Å². The van der Waals surface area contributed by atoms with Crippen molar-refractivity contribution in [3.05, 3.63) is 106 Å². The van der Waals surface area contributed by atoms with E-state index < -0.39 is 35.4 Å². The van der Waals surface area contributed by atoms with Crippen LogP contribution in [0.4, 0.5) is 0 Å². The first-order chi connectivity index (χ1) is 34.2. The third-order valence-corrected chi connectivity index (χ3v) is 15.6. The van der Waals surface area contributed by atoms with Crippen molar-refractivity contribution in [2.75, 3.05) is 66.3 Å². The molecule has 15 nitrogen and oxygen atoms in total. The van der Waals surface area contributed by atoms with Gasteiger partial charge in [-0.3, -0.25) is 19.2 Å². The summed E-state index contributed by atoms with van der Waals surface area (Å²) >= 11 is 1.91. The summed E-state index contributed by atoms with van der Waals surface area (Å²) in [6.07, 6.45) is 0.279. The molecule has 4 amide bonds. The van der Waals surface area contributed by atoms with Gasteiger partial charge >= 0.3 is 0 Å². The number of benzene rings is 2. The lowest BCUT2D eigenvalue weighted by Gasteiger charge is -2.36. The van der Waals surface area contributed by atoms with Gasteiger partial charge in [-0.15, -0.1) is 11.8 Å². The first-order valence-corrected chi connectivity index (χ1v) is 26.1. The Morgan fingerprint density at radius 2 is 1.61 bits per heavy atom. The van der Waals surface area contributed by atoms with Crippen LogP contribution in [0.3, 0.4) is 0 Å². The molecule has 390 valence electrons. The Kier molecular flexibility index (Phi) is 19.8. The summed E-state index contributed by atoms with van der Waals surface area (Å²) in [6.45, 7) is 27.1. The van der Waals surface area contributed by atoms with Gasteiger partial charge in [0.2, 0.25) is 23.6 Å². The zero-order chi connectivity index (χ0) is 52.3. The number of amides is 4. The molecular weight excluding hydrogens is 931 g/mol. The van der Waals surface area contributed by atoms with Gasteiger partial charge in [-0.05, 0) is 72.3 Å². The third-order valence-electron chi connectivity index (χ3n) is 14.1.